The van der Waals surface area contributed by atoms with Crippen molar-refractivity contribution in [3.63, 3.8) is 0 Å². The van der Waals surface area contributed by atoms with Gasteiger partial charge in [-0.2, -0.15) is 0 Å². The Balaban J connectivity index is 1.20. The van der Waals surface area contributed by atoms with Crippen molar-refractivity contribution in [1.82, 2.24) is 0 Å². The summed E-state index contributed by atoms with van der Waals surface area (Å²) in [6.45, 7) is 39.6. The second-order valence-electron chi connectivity index (χ2n) is 29.2. The summed E-state index contributed by atoms with van der Waals surface area (Å²) in [6.07, 6.45) is 0. The van der Waals surface area contributed by atoms with Crippen molar-refractivity contribution in [3.05, 3.63) is 227 Å². The van der Waals surface area contributed by atoms with E-state index >= 15 is 0 Å². The lowest BCUT2D eigenvalue weighted by Crippen LogP contribution is -2.61. The van der Waals surface area contributed by atoms with Crippen LogP contribution in [-0.4, -0.2) is 6.85 Å². The molecule has 0 unspecified atom stereocenters. The molecule has 0 fully saturated rings. The highest BCUT2D eigenvalue weighted by molar-refractivity contribution is 6.93. The SMILES string of the molecule is CC(C)(C)c1ccc(N2B3c4cc5c(cc4N(c4ccc(C(C)(C)C)cc4-c4ccccc4)c4cc(C(C)(C)C)cc(c43)-c3cc(N(c4ccc(C(C)(C)C)cc4)c4ccc(C(C)(C)C)cc4)ccc32)C(C)(C)c2ccccc2-5)cc1. The van der Waals surface area contributed by atoms with Gasteiger partial charge in [-0.1, -0.05) is 227 Å². The van der Waals surface area contributed by atoms with Gasteiger partial charge in [-0.05, 0) is 178 Å². The summed E-state index contributed by atoms with van der Waals surface area (Å²) in [5, 5.41) is 0. The molecule has 0 bridgehead atoms. The average Bonchev–Trinajstić information content (AvgIpc) is 3.68. The zero-order chi connectivity index (χ0) is 57.5. The molecule has 2 aliphatic heterocycles. The summed E-state index contributed by atoms with van der Waals surface area (Å²) in [4.78, 5) is 7.86. The van der Waals surface area contributed by atoms with Gasteiger partial charge in [0.15, 0.2) is 0 Å². The molecule has 1 aliphatic carbocycles. The third kappa shape index (κ3) is 9.22. The lowest BCUT2D eigenvalue weighted by atomic mass is 9.43. The van der Waals surface area contributed by atoms with Crippen LogP contribution in [0.3, 0.4) is 0 Å². The van der Waals surface area contributed by atoms with Gasteiger partial charge < -0.3 is 14.6 Å². The van der Waals surface area contributed by atoms with E-state index in [1.54, 1.807) is 0 Å². The molecule has 0 saturated heterocycles. The maximum atomic E-state index is 2.70. The second kappa shape index (κ2) is 18.7. The molecule has 0 spiro atoms. The number of benzene rings is 9. The summed E-state index contributed by atoms with van der Waals surface area (Å²) in [5.41, 5.74) is 28.5. The first-order chi connectivity index (χ1) is 38.1. The molecule has 0 radical (unpaired) electrons. The van der Waals surface area contributed by atoms with Gasteiger partial charge in [-0.15, -0.1) is 0 Å². The normalized spacial score (nSPS) is 14.5. The highest BCUT2D eigenvalue weighted by Crippen LogP contribution is 2.55. The van der Waals surface area contributed by atoms with E-state index < -0.39 is 0 Å². The summed E-state index contributed by atoms with van der Waals surface area (Å²) in [5.74, 6) is 0. The molecule has 408 valence electrons. The Kier molecular flexibility index (Phi) is 12.5. The number of hydrogen-bond acceptors (Lipinski definition) is 3. The van der Waals surface area contributed by atoms with E-state index in [0.29, 0.717) is 0 Å². The topological polar surface area (TPSA) is 9.72 Å². The van der Waals surface area contributed by atoms with E-state index in [4.69, 9.17) is 0 Å². The van der Waals surface area contributed by atoms with Crippen molar-refractivity contribution in [2.75, 3.05) is 14.6 Å². The van der Waals surface area contributed by atoms with Crippen LogP contribution in [0.4, 0.5) is 45.5 Å². The first-order valence-corrected chi connectivity index (χ1v) is 29.6. The standard InChI is InChI=1S/C77H82BN3/c1-72(2,3)50-27-34-55(35-28-50)79(56-36-29-51(30-37-56)73(4,5)6)58-40-42-68-62(46-58)63-44-54(76(13,14)15)45-70-71(63)78(81(68)57-38-31-52(32-39-57)74(7,8)9)66-47-61-59-25-21-22-26-64(59)77(16,17)65(61)48-69(66)80(70)67-41-33-53(75(10,11)12)43-60(67)49-23-19-18-20-24-49/h18-48H,1-17H3. The van der Waals surface area contributed by atoms with Crippen LogP contribution in [0.15, 0.2) is 188 Å². The average molecular weight is 1060 g/mol. The van der Waals surface area contributed by atoms with Crippen LogP contribution in [0.2, 0.25) is 0 Å². The van der Waals surface area contributed by atoms with E-state index in [1.165, 1.54) is 112 Å². The fourth-order valence-corrected chi connectivity index (χ4v) is 13.1. The van der Waals surface area contributed by atoms with Crippen LogP contribution in [-0.2, 0) is 32.5 Å². The summed E-state index contributed by atoms with van der Waals surface area (Å²) in [7, 11) is 0. The van der Waals surface area contributed by atoms with Gasteiger partial charge in [-0.25, -0.2) is 0 Å². The van der Waals surface area contributed by atoms with Gasteiger partial charge in [0, 0.05) is 56.4 Å². The lowest BCUT2D eigenvalue weighted by molar-refractivity contribution is 0.590. The Morgan fingerprint density at radius 1 is 0.346 bits per heavy atom. The molecule has 4 heteroatoms. The number of rotatable bonds is 6. The molecule has 9 aromatic carbocycles. The Morgan fingerprint density at radius 2 is 0.840 bits per heavy atom. The van der Waals surface area contributed by atoms with Gasteiger partial charge in [0.25, 0.3) is 0 Å². The number of hydrogen-bond donors (Lipinski definition) is 0. The maximum Gasteiger partial charge on any atom is 0.333 e. The number of fused-ring (bicyclic) bond motifs is 7. The van der Waals surface area contributed by atoms with Gasteiger partial charge in [0.2, 0.25) is 0 Å². The molecule has 0 amide bonds. The molecular formula is C77H82BN3. The largest absolute Gasteiger partial charge is 0.376 e. The molecule has 0 saturated carbocycles. The lowest BCUT2D eigenvalue weighted by Gasteiger charge is -2.47. The summed E-state index contributed by atoms with van der Waals surface area (Å²) < 4.78 is 0. The predicted molar refractivity (Wildman–Crippen MR) is 351 cm³/mol. The summed E-state index contributed by atoms with van der Waals surface area (Å²) >= 11 is 0. The Morgan fingerprint density at radius 3 is 1.41 bits per heavy atom. The highest BCUT2D eigenvalue weighted by Gasteiger charge is 2.48. The smallest absolute Gasteiger partial charge is 0.333 e. The van der Waals surface area contributed by atoms with E-state index in [-0.39, 0.29) is 39.3 Å². The van der Waals surface area contributed by atoms with Gasteiger partial charge in [0.05, 0.1) is 5.69 Å². The Hall–Kier alpha value is -7.56. The third-order valence-electron chi connectivity index (χ3n) is 18.0. The summed E-state index contributed by atoms with van der Waals surface area (Å²) in [6, 6.07) is 73.3. The molecule has 0 atom stereocenters. The highest BCUT2D eigenvalue weighted by atomic mass is 15.2. The van der Waals surface area contributed by atoms with Crippen molar-refractivity contribution in [2.24, 2.45) is 0 Å². The Labute approximate surface area is 485 Å². The van der Waals surface area contributed by atoms with E-state index in [2.05, 4.69) is 320 Å². The molecule has 3 aliphatic rings. The monoisotopic (exact) mass is 1060 g/mol. The second-order valence-corrected chi connectivity index (χ2v) is 29.2. The first kappa shape index (κ1) is 54.1. The van der Waals surface area contributed by atoms with Crippen LogP contribution in [0.1, 0.15) is 157 Å². The zero-order valence-electron chi connectivity index (χ0n) is 51.3. The van der Waals surface area contributed by atoms with Crippen molar-refractivity contribution < 1.29 is 0 Å². The molecular weight excluding hydrogens is 978 g/mol. The molecule has 2 heterocycles. The van der Waals surface area contributed by atoms with Crippen LogP contribution < -0.4 is 25.5 Å². The maximum absolute atomic E-state index is 2.70. The van der Waals surface area contributed by atoms with Crippen molar-refractivity contribution in [2.45, 2.75) is 150 Å². The molecule has 3 nitrogen and oxygen atoms in total. The quantitative estimate of drug-likeness (QED) is 0.154. The molecule has 0 N–H and O–H groups in total. The predicted octanol–water partition coefficient (Wildman–Crippen LogP) is 20.3. The van der Waals surface area contributed by atoms with Crippen LogP contribution in [0.25, 0.3) is 33.4 Å². The van der Waals surface area contributed by atoms with Crippen LogP contribution in [0, 0.1) is 0 Å². The number of anilines is 8. The minimum atomic E-state index is -0.215. The van der Waals surface area contributed by atoms with Gasteiger partial charge >= 0.3 is 6.85 Å². The molecule has 81 heavy (non-hydrogen) atoms. The van der Waals surface area contributed by atoms with Gasteiger partial charge in [-0.3, -0.25) is 0 Å². The van der Waals surface area contributed by atoms with Crippen molar-refractivity contribution in [1.29, 1.82) is 0 Å². The fraction of sp³-hybridized carbons (Fsp3) is 0.299. The van der Waals surface area contributed by atoms with E-state index in [1.807, 2.05) is 0 Å². The van der Waals surface area contributed by atoms with Crippen LogP contribution in [0.5, 0.6) is 0 Å². The van der Waals surface area contributed by atoms with Crippen molar-refractivity contribution in [3.8, 4) is 33.4 Å². The number of nitrogens with zero attached hydrogens (tertiary/aromatic N) is 3. The zero-order valence-corrected chi connectivity index (χ0v) is 51.3. The molecule has 0 aromatic heterocycles. The molecule has 9 aromatic rings. The minimum absolute atomic E-state index is 0.00627. The van der Waals surface area contributed by atoms with Crippen molar-refractivity contribution >= 4 is 63.3 Å². The minimum Gasteiger partial charge on any atom is -0.376 e. The Bertz CT molecular complexity index is 3850. The molecule has 12 rings (SSSR count). The first-order valence-electron chi connectivity index (χ1n) is 29.6. The van der Waals surface area contributed by atoms with E-state index in [9.17, 15) is 0 Å². The van der Waals surface area contributed by atoms with E-state index in [0.717, 1.165) is 17.1 Å². The van der Waals surface area contributed by atoms with Gasteiger partial charge in [0.1, 0.15) is 0 Å². The van der Waals surface area contributed by atoms with Crippen LogP contribution >= 0.6 is 0 Å². The fourth-order valence-electron chi connectivity index (χ4n) is 13.1. The third-order valence-corrected chi connectivity index (χ3v) is 18.0.